The molecule has 12 heteroatoms. The van der Waals surface area contributed by atoms with Crippen LogP contribution in [-0.2, 0) is 0 Å². The highest BCUT2D eigenvalue weighted by molar-refractivity contribution is 5.88. The largest absolute Gasteiger partial charge is 0.436 e. The molecule has 1 aromatic carbocycles. The molecule has 2 aliphatic heterocycles. The van der Waals surface area contributed by atoms with Gasteiger partial charge >= 0.3 is 6.03 Å². The van der Waals surface area contributed by atoms with E-state index in [-0.39, 0.29) is 29.2 Å². The van der Waals surface area contributed by atoms with Crippen molar-refractivity contribution in [1.29, 1.82) is 0 Å². The summed E-state index contributed by atoms with van der Waals surface area (Å²) >= 11 is 0. The second-order valence-electron chi connectivity index (χ2n) is 8.44. The van der Waals surface area contributed by atoms with Crippen LogP contribution in [0.5, 0.6) is 11.6 Å². The number of nitro groups is 1. The Morgan fingerprint density at radius 3 is 2.61 bits per heavy atom. The predicted molar refractivity (Wildman–Crippen MR) is 118 cm³/mol. The van der Waals surface area contributed by atoms with E-state index in [1.54, 1.807) is 4.90 Å². The van der Waals surface area contributed by atoms with Gasteiger partial charge in [0.2, 0.25) is 5.88 Å². The van der Waals surface area contributed by atoms with Gasteiger partial charge in [0.15, 0.2) is 11.6 Å². The first-order valence-corrected chi connectivity index (χ1v) is 10.7. The maximum atomic E-state index is 14.1. The van der Waals surface area contributed by atoms with Crippen molar-refractivity contribution >= 4 is 17.5 Å². The van der Waals surface area contributed by atoms with E-state index >= 15 is 0 Å². The number of nitrogens with one attached hydrogen (secondary N) is 1. The fourth-order valence-electron chi connectivity index (χ4n) is 4.00. The molecule has 2 saturated heterocycles. The van der Waals surface area contributed by atoms with Crippen LogP contribution in [0.2, 0.25) is 0 Å². The number of ether oxygens (including phenoxy) is 1. The van der Waals surface area contributed by atoms with E-state index in [2.05, 4.69) is 39.2 Å². The summed E-state index contributed by atoms with van der Waals surface area (Å²) in [7, 11) is 4.20. The van der Waals surface area contributed by atoms with Gasteiger partial charge in [0.05, 0.1) is 11.0 Å². The minimum atomic E-state index is -0.893. The summed E-state index contributed by atoms with van der Waals surface area (Å²) in [5, 5.41) is 13.5. The molecule has 1 N–H and O–H groups in total. The van der Waals surface area contributed by atoms with Gasteiger partial charge in [-0.25, -0.2) is 19.2 Å². The number of likely N-dealkylation sites (N-methyl/N-ethyl adjacent to an activating group) is 1. The number of non-ortho nitro benzene ring substituents is 1. The van der Waals surface area contributed by atoms with Gasteiger partial charge < -0.3 is 14.5 Å². The lowest BCUT2D eigenvalue weighted by Crippen LogP contribution is -2.62. The zero-order chi connectivity index (χ0) is 23.5. The SMILES string of the molecule is CN(C)C1CN(C2CCN(C(=O)Nc3cc(Oc4ccc([N+](=O)[O-])cc4F)ncn3)CC2)C1. The highest BCUT2D eigenvalue weighted by Gasteiger charge is 2.35. The standard InChI is InChI=1S/C21H26FN7O4/c1-26(2)16-11-28(12-16)14-5-7-27(8-6-14)21(30)25-19-10-20(24-13-23-19)33-18-4-3-15(29(31)32)9-17(18)22/h3-4,9-10,13-14,16H,5-8,11-12H2,1-2H3,(H,23,24,25,30). The lowest BCUT2D eigenvalue weighted by atomic mass is 9.97. The molecule has 0 bridgehead atoms. The van der Waals surface area contributed by atoms with Crippen molar-refractivity contribution in [1.82, 2.24) is 24.7 Å². The monoisotopic (exact) mass is 459 g/mol. The van der Waals surface area contributed by atoms with Crippen LogP contribution < -0.4 is 10.1 Å². The van der Waals surface area contributed by atoms with Crippen LogP contribution >= 0.6 is 0 Å². The molecule has 0 atom stereocenters. The number of nitrogens with zero attached hydrogens (tertiary/aromatic N) is 6. The highest BCUT2D eigenvalue weighted by atomic mass is 19.1. The molecule has 2 aliphatic rings. The van der Waals surface area contributed by atoms with Gasteiger partial charge in [-0.15, -0.1) is 0 Å². The number of carbonyl (C=O) groups excluding carboxylic acids is 1. The maximum absolute atomic E-state index is 14.1. The lowest BCUT2D eigenvalue weighted by molar-refractivity contribution is -0.385. The van der Waals surface area contributed by atoms with Crippen LogP contribution in [0.4, 0.5) is 20.7 Å². The van der Waals surface area contributed by atoms with Gasteiger partial charge in [0.1, 0.15) is 12.1 Å². The molecule has 33 heavy (non-hydrogen) atoms. The Morgan fingerprint density at radius 2 is 1.97 bits per heavy atom. The van der Waals surface area contributed by atoms with Crippen LogP contribution in [0.25, 0.3) is 0 Å². The molecule has 0 unspecified atom stereocenters. The van der Waals surface area contributed by atoms with E-state index in [9.17, 15) is 19.3 Å². The number of piperidine rings is 1. The molecular weight excluding hydrogens is 433 g/mol. The van der Waals surface area contributed by atoms with Crippen LogP contribution in [0.15, 0.2) is 30.6 Å². The fraction of sp³-hybridized carbons (Fsp3) is 0.476. The molecule has 0 saturated carbocycles. The van der Waals surface area contributed by atoms with Gasteiger partial charge in [-0.1, -0.05) is 0 Å². The predicted octanol–water partition coefficient (Wildman–Crippen LogP) is 2.56. The number of likely N-dealkylation sites (tertiary alicyclic amines) is 2. The second kappa shape index (κ2) is 9.63. The Kier molecular flexibility index (Phi) is 6.65. The number of halogens is 1. The number of benzene rings is 1. The van der Waals surface area contributed by atoms with Crippen molar-refractivity contribution in [3.8, 4) is 11.6 Å². The van der Waals surface area contributed by atoms with Gasteiger partial charge in [-0.05, 0) is 33.0 Å². The molecule has 2 fully saturated rings. The Balaban J connectivity index is 1.30. The van der Waals surface area contributed by atoms with E-state index < -0.39 is 10.7 Å². The van der Waals surface area contributed by atoms with Gasteiger partial charge in [-0.3, -0.25) is 20.3 Å². The minimum Gasteiger partial charge on any atom is -0.436 e. The van der Waals surface area contributed by atoms with Crippen molar-refractivity contribution in [2.75, 3.05) is 45.6 Å². The Labute approximate surface area is 190 Å². The molecule has 4 rings (SSSR count). The number of hydrogen-bond donors (Lipinski definition) is 1. The first-order valence-electron chi connectivity index (χ1n) is 10.7. The molecule has 0 radical (unpaired) electrons. The van der Waals surface area contributed by atoms with Gasteiger partial charge in [0, 0.05) is 50.4 Å². The summed E-state index contributed by atoms with van der Waals surface area (Å²) in [4.78, 5) is 37.1. The zero-order valence-electron chi connectivity index (χ0n) is 18.5. The van der Waals surface area contributed by atoms with E-state index in [1.165, 1.54) is 12.4 Å². The van der Waals surface area contributed by atoms with Crippen LogP contribution in [0.1, 0.15) is 12.8 Å². The van der Waals surface area contributed by atoms with Crippen molar-refractivity contribution in [2.24, 2.45) is 0 Å². The number of rotatable bonds is 6. The summed E-state index contributed by atoms with van der Waals surface area (Å²) in [6, 6.07) is 5.26. The zero-order valence-corrected chi connectivity index (χ0v) is 18.5. The fourth-order valence-corrected chi connectivity index (χ4v) is 4.00. The normalized spacial score (nSPS) is 17.6. The van der Waals surface area contributed by atoms with Crippen molar-refractivity contribution in [3.05, 3.63) is 46.5 Å². The summed E-state index contributed by atoms with van der Waals surface area (Å²) in [5.41, 5.74) is -0.383. The van der Waals surface area contributed by atoms with Crippen molar-refractivity contribution in [3.63, 3.8) is 0 Å². The number of amides is 2. The summed E-state index contributed by atoms with van der Waals surface area (Å²) < 4.78 is 19.4. The number of nitro benzene ring substituents is 1. The first kappa shape index (κ1) is 22.8. The smallest absolute Gasteiger partial charge is 0.323 e. The number of hydrogen-bond acceptors (Lipinski definition) is 8. The molecule has 2 aromatic rings. The molecule has 0 spiro atoms. The number of carbonyl (C=O) groups is 1. The van der Waals surface area contributed by atoms with Crippen LogP contribution in [0, 0.1) is 15.9 Å². The van der Waals surface area contributed by atoms with E-state index in [0.717, 1.165) is 44.1 Å². The summed E-state index contributed by atoms with van der Waals surface area (Å²) in [6.07, 6.45) is 3.03. The Bertz CT molecular complexity index is 1020. The minimum absolute atomic E-state index is 0.00000833. The van der Waals surface area contributed by atoms with Crippen LogP contribution in [-0.4, -0.2) is 88.0 Å². The Morgan fingerprint density at radius 1 is 1.24 bits per heavy atom. The Hall–Kier alpha value is -3.38. The molecular formula is C21H26FN7O4. The molecule has 176 valence electrons. The molecule has 0 aliphatic carbocycles. The summed E-state index contributed by atoms with van der Waals surface area (Å²) in [6.45, 7) is 3.45. The third-order valence-electron chi connectivity index (χ3n) is 6.11. The maximum Gasteiger partial charge on any atom is 0.323 e. The van der Waals surface area contributed by atoms with Crippen molar-refractivity contribution in [2.45, 2.75) is 24.9 Å². The van der Waals surface area contributed by atoms with E-state index in [4.69, 9.17) is 4.74 Å². The molecule has 3 heterocycles. The third kappa shape index (κ3) is 5.34. The molecule has 1 aromatic heterocycles. The van der Waals surface area contributed by atoms with Gasteiger partial charge in [0.25, 0.3) is 5.69 Å². The van der Waals surface area contributed by atoms with Crippen LogP contribution in [0.3, 0.4) is 0 Å². The number of aromatic nitrogens is 2. The molecule has 11 nitrogen and oxygen atoms in total. The van der Waals surface area contributed by atoms with Gasteiger partial charge in [-0.2, -0.15) is 0 Å². The second-order valence-corrected chi connectivity index (χ2v) is 8.44. The average molecular weight is 459 g/mol. The van der Waals surface area contributed by atoms with E-state index in [1.807, 2.05) is 0 Å². The van der Waals surface area contributed by atoms with E-state index in [0.29, 0.717) is 25.2 Å². The molecule has 2 amide bonds. The number of urea groups is 1. The average Bonchev–Trinajstić information content (AvgIpc) is 2.74. The quantitative estimate of drug-likeness (QED) is 0.517. The lowest BCUT2D eigenvalue weighted by Gasteiger charge is -2.49. The third-order valence-corrected chi connectivity index (χ3v) is 6.11. The number of anilines is 1. The summed E-state index contributed by atoms with van der Waals surface area (Å²) in [5.74, 6) is -0.900. The highest BCUT2D eigenvalue weighted by Crippen LogP contribution is 2.27. The first-order chi connectivity index (χ1) is 15.8. The topological polar surface area (TPSA) is 117 Å². The van der Waals surface area contributed by atoms with Crippen molar-refractivity contribution < 1.29 is 18.8 Å².